The Morgan fingerprint density at radius 2 is 1.97 bits per heavy atom. The Labute approximate surface area is 172 Å². The minimum absolute atomic E-state index is 0.453. The predicted molar refractivity (Wildman–Crippen MR) is 120 cm³/mol. The first-order valence-electron chi connectivity index (χ1n) is 10.5. The molecule has 2 heterocycles. The summed E-state index contributed by atoms with van der Waals surface area (Å²) in [6, 6.07) is 10.9. The lowest BCUT2D eigenvalue weighted by molar-refractivity contribution is 0.221. The molecule has 154 valence electrons. The van der Waals surface area contributed by atoms with E-state index >= 15 is 0 Å². The lowest BCUT2D eigenvalue weighted by atomic mass is 9.90. The summed E-state index contributed by atoms with van der Waals surface area (Å²) >= 11 is 0. The van der Waals surface area contributed by atoms with Crippen molar-refractivity contribution in [3.05, 3.63) is 42.1 Å². The number of nitrogen functional groups attached to an aromatic ring is 1. The largest absolute Gasteiger partial charge is 0.399 e. The minimum Gasteiger partial charge on any atom is -0.399 e. The highest BCUT2D eigenvalue weighted by Crippen LogP contribution is 2.27. The number of aryl methyl sites for hydroxylation is 1. The van der Waals surface area contributed by atoms with Crippen molar-refractivity contribution in [1.82, 2.24) is 19.5 Å². The Morgan fingerprint density at radius 3 is 2.66 bits per heavy atom. The molecular weight excluding hydrogens is 362 g/mol. The van der Waals surface area contributed by atoms with E-state index in [4.69, 9.17) is 10.7 Å². The van der Waals surface area contributed by atoms with Crippen LogP contribution >= 0.6 is 0 Å². The van der Waals surface area contributed by atoms with Crippen molar-refractivity contribution in [3.63, 3.8) is 0 Å². The zero-order valence-corrected chi connectivity index (χ0v) is 17.5. The number of aromatic nitrogens is 3. The lowest BCUT2D eigenvalue weighted by Gasteiger charge is -2.33. The van der Waals surface area contributed by atoms with Gasteiger partial charge in [-0.3, -0.25) is 0 Å². The Kier molecular flexibility index (Phi) is 5.58. The third-order valence-corrected chi connectivity index (χ3v) is 5.86. The molecule has 0 amide bonds. The molecule has 0 aliphatic heterocycles. The van der Waals surface area contributed by atoms with Crippen molar-refractivity contribution in [3.8, 4) is 0 Å². The third kappa shape index (κ3) is 4.29. The van der Waals surface area contributed by atoms with Crippen molar-refractivity contribution >= 4 is 28.7 Å². The molecule has 0 bridgehead atoms. The van der Waals surface area contributed by atoms with E-state index < -0.39 is 0 Å². The number of benzene rings is 1. The molecule has 29 heavy (non-hydrogen) atoms. The third-order valence-electron chi connectivity index (χ3n) is 5.86. The molecule has 2 aromatic heterocycles. The Hall–Kier alpha value is -2.80. The highest BCUT2D eigenvalue weighted by Gasteiger charge is 2.23. The molecule has 7 nitrogen and oxygen atoms in total. The zero-order valence-electron chi connectivity index (χ0n) is 17.5. The number of anilines is 4. The Balaban J connectivity index is 1.61. The van der Waals surface area contributed by atoms with Crippen molar-refractivity contribution in [2.45, 2.75) is 51.1 Å². The van der Waals surface area contributed by atoms with Gasteiger partial charge in [0.05, 0.1) is 6.20 Å². The smallest absolute Gasteiger partial charge is 0.162 e. The number of hydrogen-bond acceptors (Lipinski definition) is 6. The average molecular weight is 394 g/mol. The average Bonchev–Trinajstić information content (AvgIpc) is 3.12. The molecule has 0 saturated heterocycles. The fourth-order valence-corrected chi connectivity index (χ4v) is 4.13. The van der Waals surface area contributed by atoms with E-state index in [0.717, 1.165) is 53.5 Å². The van der Waals surface area contributed by atoms with Gasteiger partial charge in [0.2, 0.25) is 0 Å². The van der Waals surface area contributed by atoms with E-state index in [1.807, 2.05) is 41.0 Å². The number of hydrogen-bond donors (Lipinski definition) is 3. The molecule has 7 heteroatoms. The van der Waals surface area contributed by atoms with Crippen LogP contribution in [0.2, 0.25) is 0 Å². The summed E-state index contributed by atoms with van der Waals surface area (Å²) < 4.78 is 1.87. The maximum Gasteiger partial charge on any atom is 0.162 e. The number of fused-ring (bicyclic) bond motifs is 1. The number of nitrogens with one attached hydrogen (secondary N) is 2. The lowest BCUT2D eigenvalue weighted by Crippen LogP contribution is -2.36. The molecule has 1 fully saturated rings. The summed E-state index contributed by atoms with van der Waals surface area (Å²) in [5.41, 5.74) is 9.64. The summed E-state index contributed by atoms with van der Waals surface area (Å²) in [6.07, 6.45) is 7.55. The van der Waals surface area contributed by atoms with Crippen molar-refractivity contribution < 1.29 is 0 Å². The first kappa shape index (κ1) is 19.5. The molecule has 0 spiro atoms. The normalized spacial score (nSPS) is 19.6. The second-order valence-corrected chi connectivity index (χ2v) is 8.15. The topological polar surface area (TPSA) is 83.5 Å². The van der Waals surface area contributed by atoms with Gasteiger partial charge < -0.3 is 21.3 Å². The first-order chi connectivity index (χ1) is 14.0. The minimum atomic E-state index is 0.453. The van der Waals surface area contributed by atoms with Crippen LogP contribution in [0.15, 0.2) is 36.5 Å². The van der Waals surface area contributed by atoms with Gasteiger partial charge in [-0.2, -0.15) is 9.61 Å². The molecule has 1 aromatic carbocycles. The maximum absolute atomic E-state index is 5.95. The zero-order chi connectivity index (χ0) is 20.4. The molecule has 4 rings (SSSR count). The molecule has 4 N–H and O–H groups in total. The second kappa shape index (κ2) is 8.29. The van der Waals surface area contributed by atoms with Crippen LogP contribution < -0.4 is 16.4 Å². The van der Waals surface area contributed by atoms with Crippen LogP contribution in [-0.4, -0.2) is 45.7 Å². The monoisotopic (exact) mass is 393 g/mol. The summed E-state index contributed by atoms with van der Waals surface area (Å²) in [7, 11) is 4.35. The fourth-order valence-electron chi connectivity index (χ4n) is 4.13. The highest BCUT2D eigenvalue weighted by molar-refractivity contribution is 5.67. The van der Waals surface area contributed by atoms with E-state index in [9.17, 15) is 0 Å². The van der Waals surface area contributed by atoms with Crippen LogP contribution in [-0.2, 0) is 6.42 Å². The molecule has 0 radical (unpaired) electrons. The van der Waals surface area contributed by atoms with E-state index in [-0.39, 0.29) is 0 Å². The Bertz CT molecular complexity index is 970. The van der Waals surface area contributed by atoms with E-state index in [1.165, 1.54) is 12.8 Å². The number of nitrogens with zero attached hydrogens (tertiary/aromatic N) is 4. The first-order valence-corrected chi connectivity index (χ1v) is 10.5. The summed E-state index contributed by atoms with van der Waals surface area (Å²) in [6.45, 7) is 2.13. The summed E-state index contributed by atoms with van der Waals surface area (Å²) in [5.74, 6) is 1.78. The van der Waals surface area contributed by atoms with Gasteiger partial charge in [-0.05, 0) is 64.4 Å². The van der Waals surface area contributed by atoms with Gasteiger partial charge in [0.15, 0.2) is 5.65 Å². The van der Waals surface area contributed by atoms with Gasteiger partial charge in [0.1, 0.15) is 11.6 Å². The van der Waals surface area contributed by atoms with Crippen LogP contribution in [0.1, 0.15) is 38.2 Å². The summed E-state index contributed by atoms with van der Waals surface area (Å²) in [4.78, 5) is 7.23. The highest BCUT2D eigenvalue weighted by atomic mass is 15.3. The second-order valence-electron chi connectivity index (χ2n) is 8.15. The summed E-state index contributed by atoms with van der Waals surface area (Å²) in [5, 5.41) is 11.7. The van der Waals surface area contributed by atoms with Gasteiger partial charge in [-0.25, -0.2) is 4.98 Å². The van der Waals surface area contributed by atoms with Crippen LogP contribution in [0.25, 0.3) is 5.65 Å². The Morgan fingerprint density at radius 1 is 1.17 bits per heavy atom. The fraction of sp³-hybridized carbons (Fsp3) is 0.455. The van der Waals surface area contributed by atoms with Gasteiger partial charge in [-0.1, -0.05) is 13.0 Å². The quantitative estimate of drug-likeness (QED) is 0.551. The van der Waals surface area contributed by atoms with Crippen molar-refractivity contribution in [2.75, 3.05) is 30.5 Å². The van der Waals surface area contributed by atoms with Gasteiger partial charge in [-0.15, -0.1) is 0 Å². The van der Waals surface area contributed by atoms with E-state index in [2.05, 4.69) is 41.7 Å². The van der Waals surface area contributed by atoms with Gasteiger partial charge >= 0.3 is 0 Å². The van der Waals surface area contributed by atoms with Crippen LogP contribution in [0, 0.1) is 0 Å². The molecule has 1 aliphatic rings. The van der Waals surface area contributed by atoms with Crippen LogP contribution in [0.3, 0.4) is 0 Å². The molecule has 1 saturated carbocycles. The molecule has 0 unspecified atom stereocenters. The maximum atomic E-state index is 5.95. The standard InChI is InChI=1S/C22H31N7/c1-4-15-14-24-29-21(26-18-7-5-6-16(23)12-18)13-20(27-22(15)29)25-17-8-10-19(11-9-17)28(2)3/h5-7,12-14,17,19,26H,4,8-11,23H2,1-3H3,(H,25,27)/t17-,19-. The van der Waals surface area contributed by atoms with E-state index in [0.29, 0.717) is 12.1 Å². The SMILES string of the molecule is CCc1cnn2c(Nc3cccc(N)c3)cc(N[C@H]3CC[C@H](N(C)C)CC3)nc12. The number of rotatable bonds is 6. The molecule has 3 aromatic rings. The van der Waals surface area contributed by atoms with Gasteiger partial charge in [0.25, 0.3) is 0 Å². The molecule has 0 atom stereocenters. The van der Waals surface area contributed by atoms with Crippen molar-refractivity contribution in [1.29, 1.82) is 0 Å². The molecular formula is C22H31N7. The number of nitrogens with two attached hydrogens (primary N) is 1. The van der Waals surface area contributed by atoms with E-state index in [1.54, 1.807) is 0 Å². The van der Waals surface area contributed by atoms with Crippen LogP contribution in [0.5, 0.6) is 0 Å². The van der Waals surface area contributed by atoms with Gasteiger partial charge in [0, 0.05) is 35.1 Å². The van der Waals surface area contributed by atoms with Crippen LogP contribution in [0.4, 0.5) is 23.0 Å². The molecule has 1 aliphatic carbocycles. The predicted octanol–water partition coefficient (Wildman–Crippen LogP) is 3.90. The van der Waals surface area contributed by atoms with Crippen molar-refractivity contribution in [2.24, 2.45) is 0 Å².